The molecule has 5 nitrogen and oxygen atoms in total. The van der Waals surface area contributed by atoms with Crippen molar-refractivity contribution in [2.45, 2.75) is 6.54 Å². The number of anilines is 1. The summed E-state index contributed by atoms with van der Waals surface area (Å²) in [6, 6.07) is 12.0. The molecular weight excluding hydrogens is 371 g/mol. The summed E-state index contributed by atoms with van der Waals surface area (Å²) in [4.78, 5) is 16.2. The van der Waals surface area contributed by atoms with Gasteiger partial charge in [0, 0.05) is 10.0 Å². The molecule has 1 heterocycles. The van der Waals surface area contributed by atoms with Crippen LogP contribution in [0.2, 0.25) is 15.1 Å². The van der Waals surface area contributed by atoms with Crippen LogP contribution in [0.25, 0.3) is 0 Å². The highest BCUT2D eigenvalue weighted by atomic mass is 35.5. The van der Waals surface area contributed by atoms with Crippen molar-refractivity contribution in [3.05, 3.63) is 75.0 Å². The first-order chi connectivity index (χ1) is 11.5. The Balaban J connectivity index is 1.72. The number of benzene rings is 2. The molecule has 8 heteroatoms. The highest BCUT2D eigenvalue weighted by molar-refractivity contribution is 6.35. The number of rotatable bonds is 4. The van der Waals surface area contributed by atoms with Crippen LogP contribution in [-0.4, -0.2) is 20.7 Å². The molecule has 0 radical (unpaired) electrons. The summed E-state index contributed by atoms with van der Waals surface area (Å²) in [6.07, 6.45) is 1.51. The molecule has 0 aliphatic heterocycles. The van der Waals surface area contributed by atoms with Gasteiger partial charge in [0.05, 0.1) is 17.1 Å². The molecule has 1 N–H and O–H groups in total. The second-order valence-corrected chi connectivity index (χ2v) is 6.19. The molecule has 0 saturated heterocycles. The lowest BCUT2D eigenvalue weighted by Gasteiger charge is -2.05. The Bertz CT molecular complexity index is 895. The van der Waals surface area contributed by atoms with E-state index >= 15 is 0 Å². The number of nitrogens with one attached hydrogen (secondary N) is 1. The van der Waals surface area contributed by atoms with Gasteiger partial charge >= 0.3 is 0 Å². The van der Waals surface area contributed by atoms with Crippen molar-refractivity contribution >= 4 is 46.7 Å². The molecule has 0 atom stereocenters. The van der Waals surface area contributed by atoms with Crippen molar-refractivity contribution in [1.29, 1.82) is 0 Å². The zero-order valence-electron chi connectivity index (χ0n) is 12.2. The highest BCUT2D eigenvalue weighted by Gasteiger charge is 2.12. The highest BCUT2D eigenvalue weighted by Crippen LogP contribution is 2.22. The van der Waals surface area contributed by atoms with Crippen LogP contribution < -0.4 is 5.32 Å². The Hall–Kier alpha value is -2.08. The second-order valence-electron chi connectivity index (χ2n) is 4.94. The van der Waals surface area contributed by atoms with Gasteiger partial charge in [0.2, 0.25) is 5.95 Å². The predicted octanol–water partition coefficient (Wildman–Crippen LogP) is 4.54. The van der Waals surface area contributed by atoms with Crippen LogP contribution >= 0.6 is 34.8 Å². The van der Waals surface area contributed by atoms with Gasteiger partial charge in [0.15, 0.2) is 0 Å². The fourth-order valence-electron chi connectivity index (χ4n) is 2.07. The van der Waals surface area contributed by atoms with E-state index in [0.29, 0.717) is 27.2 Å². The molecule has 1 amide bonds. The van der Waals surface area contributed by atoms with Crippen LogP contribution in [0.3, 0.4) is 0 Å². The van der Waals surface area contributed by atoms with E-state index in [0.717, 1.165) is 5.56 Å². The fraction of sp³-hybridized carbons (Fsp3) is 0.0625. The van der Waals surface area contributed by atoms with Crippen LogP contribution in [0, 0.1) is 0 Å². The number of carbonyl (C=O) groups excluding carboxylic acids is 1. The molecule has 0 aliphatic rings. The van der Waals surface area contributed by atoms with Gasteiger partial charge in [0.25, 0.3) is 5.91 Å². The molecule has 1 aromatic heterocycles. The van der Waals surface area contributed by atoms with Crippen molar-refractivity contribution in [2.24, 2.45) is 0 Å². The maximum absolute atomic E-state index is 12.2. The van der Waals surface area contributed by atoms with Gasteiger partial charge in [-0.3, -0.25) is 10.1 Å². The maximum Gasteiger partial charge on any atom is 0.259 e. The van der Waals surface area contributed by atoms with Crippen LogP contribution in [0.5, 0.6) is 0 Å². The number of carbonyl (C=O) groups is 1. The lowest BCUT2D eigenvalue weighted by Crippen LogP contribution is -2.14. The van der Waals surface area contributed by atoms with Crippen LogP contribution in [0.1, 0.15) is 15.9 Å². The Kier molecular flexibility index (Phi) is 5.04. The molecule has 0 spiro atoms. The Morgan fingerprint density at radius 2 is 1.88 bits per heavy atom. The average molecular weight is 382 g/mol. The van der Waals surface area contributed by atoms with E-state index in [-0.39, 0.29) is 11.9 Å². The van der Waals surface area contributed by atoms with Crippen molar-refractivity contribution in [1.82, 2.24) is 14.8 Å². The van der Waals surface area contributed by atoms with E-state index in [1.807, 2.05) is 6.07 Å². The van der Waals surface area contributed by atoms with Gasteiger partial charge in [-0.25, -0.2) is 9.67 Å². The molecule has 122 valence electrons. The largest absolute Gasteiger partial charge is 0.289 e. The Morgan fingerprint density at radius 3 is 2.62 bits per heavy atom. The van der Waals surface area contributed by atoms with Gasteiger partial charge < -0.3 is 0 Å². The summed E-state index contributed by atoms with van der Waals surface area (Å²) in [7, 11) is 0. The van der Waals surface area contributed by atoms with Crippen molar-refractivity contribution in [3.63, 3.8) is 0 Å². The fourth-order valence-corrected chi connectivity index (χ4v) is 2.76. The minimum atomic E-state index is -0.372. The summed E-state index contributed by atoms with van der Waals surface area (Å²) < 4.78 is 1.57. The molecular formula is C16H11Cl3N4O. The topological polar surface area (TPSA) is 59.8 Å². The van der Waals surface area contributed by atoms with E-state index in [1.165, 1.54) is 6.33 Å². The second kappa shape index (κ2) is 7.21. The average Bonchev–Trinajstić information content (AvgIpc) is 2.97. The lowest BCUT2D eigenvalue weighted by atomic mass is 10.2. The molecule has 0 aliphatic carbocycles. The summed E-state index contributed by atoms with van der Waals surface area (Å²) in [5.41, 5.74) is 1.20. The molecule has 3 aromatic rings. The van der Waals surface area contributed by atoms with Gasteiger partial charge in [-0.1, -0.05) is 53.0 Å². The molecule has 3 rings (SSSR count). The van der Waals surface area contributed by atoms with E-state index in [9.17, 15) is 4.79 Å². The molecule has 2 aromatic carbocycles. The first kappa shape index (κ1) is 16.8. The van der Waals surface area contributed by atoms with Gasteiger partial charge in [-0.15, -0.1) is 5.10 Å². The standard InChI is InChI=1S/C16H11Cl3N4O/c17-11-6-5-10(14(19)7-11)8-23-9-20-16(22-23)21-15(24)12-3-1-2-4-13(12)18/h1-7,9H,8H2,(H,21,22,24). The SMILES string of the molecule is O=C(Nc1ncn(Cc2ccc(Cl)cc2Cl)n1)c1ccccc1Cl. The van der Waals surface area contributed by atoms with E-state index < -0.39 is 0 Å². The minimum Gasteiger partial charge on any atom is -0.289 e. The van der Waals surface area contributed by atoms with Gasteiger partial charge in [0.1, 0.15) is 6.33 Å². The zero-order valence-corrected chi connectivity index (χ0v) is 14.5. The third kappa shape index (κ3) is 3.87. The van der Waals surface area contributed by atoms with Gasteiger partial charge in [-0.2, -0.15) is 0 Å². The number of hydrogen-bond acceptors (Lipinski definition) is 3. The van der Waals surface area contributed by atoms with Crippen LogP contribution in [-0.2, 0) is 6.54 Å². The predicted molar refractivity (Wildman–Crippen MR) is 95.0 cm³/mol. The number of hydrogen-bond donors (Lipinski definition) is 1. The van der Waals surface area contributed by atoms with Crippen LogP contribution in [0.4, 0.5) is 5.95 Å². The normalized spacial score (nSPS) is 10.6. The van der Waals surface area contributed by atoms with Crippen LogP contribution in [0.15, 0.2) is 48.8 Å². The number of amides is 1. The first-order valence-electron chi connectivity index (χ1n) is 6.92. The lowest BCUT2D eigenvalue weighted by molar-refractivity contribution is 0.102. The quantitative estimate of drug-likeness (QED) is 0.722. The molecule has 0 bridgehead atoms. The molecule has 0 saturated carbocycles. The monoisotopic (exact) mass is 380 g/mol. The third-order valence-corrected chi connectivity index (χ3v) is 4.14. The van der Waals surface area contributed by atoms with E-state index in [1.54, 1.807) is 41.1 Å². The minimum absolute atomic E-state index is 0.185. The van der Waals surface area contributed by atoms with E-state index in [2.05, 4.69) is 15.4 Å². The summed E-state index contributed by atoms with van der Waals surface area (Å²) >= 11 is 18.0. The first-order valence-corrected chi connectivity index (χ1v) is 8.05. The molecule has 0 unspecified atom stereocenters. The number of halogens is 3. The number of aromatic nitrogens is 3. The maximum atomic E-state index is 12.2. The molecule has 0 fully saturated rings. The number of nitrogens with zero attached hydrogens (tertiary/aromatic N) is 3. The van der Waals surface area contributed by atoms with Crippen molar-refractivity contribution in [2.75, 3.05) is 5.32 Å². The summed E-state index contributed by atoms with van der Waals surface area (Å²) in [5, 5.41) is 8.28. The Labute approximate surface area is 153 Å². The van der Waals surface area contributed by atoms with Crippen molar-refractivity contribution in [3.8, 4) is 0 Å². The van der Waals surface area contributed by atoms with E-state index in [4.69, 9.17) is 34.8 Å². The zero-order chi connectivity index (χ0) is 17.1. The summed E-state index contributed by atoms with van der Waals surface area (Å²) in [6.45, 7) is 0.408. The molecule has 24 heavy (non-hydrogen) atoms. The van der Waals surface area contributed by atoms with Crippen molar-refractivity contribution < 1.29 is 4.79 Å². The third-order valence-electron chi connectivity index (χ3n) is 3.23. The van der Waals surface area contributed by atoms with Gasteiger partial charge in [-0.05, 0) is 29.8 Å². The smallest absolute Gasteiger partial charge is 0.259 e. The summed E-state index contributed by atoms with van der Waals surface area (Å²) in [5.74, 6) is -0.187. The Morgan fingerprint density at radius 1 is 1.08 bits per heavy atom.